The molecule has 0 radical (unpaired) electrons. The van der Waals surface area contributed by atoms with Gasteiger partial charge in [0.15, 0.2) is 11.5 Å². The lowest BCUT2D eigenvalue weighted by molar-refractivity contribution is -0.140. The van der Waals surface area contributed by atoms with Gasteiger partial charge in [0, 0.05) is 25.6 Å². The standard InChI is InChI=1S/C36H41N3O6S/c1-5-21-37-36(41)32(23-28-14-8-6-9-15-28)38(25-29-16-12-13-27(2)22-29)35(40)26-39(46(42,43)31-17-10-7-11-18-31)30-19-20-33(44-3)34(24-30)45-4/h6-20,22,24,32H,5,21,23,25-26H2,1-4H3,(H,37,41)/t32-/m1/s1. The molecule has 1 N–H and O–H groups in total. The highest BCUT2D eigenvalue weighted by atomic mass is 32.2. The maximum absolute atomic E-state index is 14.6. The SMILES string of the molecule is CCCNC(=O)[C@@H](Cc1ccccc1)N(Cc1cccc(C)c1)C(=O)CN(c1ccc(OC)c(OC)c1)S(=O)(=O)c1ccccc1. The van der Waals surface area contributed by atoms with E-state index in [-0.39, 0.29) is 29.5 Å². The predicted octanol–water partition coefficient (Wildman–Crippen LogP) is 5.37. The molecule has 46 heavy (non-hydrogen) atoms. The molecule has 0 fully saturated rings. The lowest BCUT2D eigenvalue weighted by Gasteiger charge is -2.34. The number of ether oxygens (including phenoxy) is 2. The molecule has 0 unspecified atom stereocenters. The molecule has 0 aliphatic rings. The minimum Gasteiger partial charge on any atom is -0.493 e. The fourth-order valence-electron chi connectivity index (χ4n) is 5.16. The molecule has 0 aliphatic heterocycles. The summed E-state index contributed by atoms with van der Waals surface area (Å²) >= 11 is 0. The van der Waals surface area contributed by atoms with Crippen molar-refractivity contribution >= 4 is 27.5 Å². The largest absolute Gasteiger partial charge is 0.493 e. The van der Waals surface area contributed by atoms with Crippen molar-refractivity contribution in [2.75, 3.05) is 31.6 Å². The normalized spacial score (nSPS) is 11.7. The molecule has 242 valence electrons. The Balaban J connectivity index is 1.83. The number of carbonyl (C=O) groups is 2. The van der Waals surface area contributed by atoms with Gasteiger partial charge < -0.3 is 19.7 Å². The van der Waals surface area contributed by atoms with E-state index in [2.05, 4.69) is 5.32 Å². The number of nitrogens with one attached hydrogen (secondary N) is 1. The Bertz CT molecular complexity index is 1710. The van der Waals surface area contributed by atoms with Crippen LogP contribution in [0.3, 0.4) is 0 Å². The Morgan fingerprint density at radius 2 is 1.46 bits per heavy atom. The van der Waals surface area contributed by atoms with Crippen molar-refractivity contribution in [2.24, 2.45) is 0 Å². The third kappa shape index (κ3) is 8.45. The van der Waals surface area contributed by atoms with Gasteiger partial charge in [-0.15, -0.1) is 0 Å². The number of methoxy groups -OCH3 is 2. The highest BCUT2D eigenvalue weighted by Gasteiger charge is 2.35. The first-order chi connectivity index (χ1) is 22.2. The van der Waals surface area contributed by atoms with Gasteiger partial charge in [-0.25, -0.2) is 8.42 Å². The van der Waals surface area contributed by atoms with Gasteiger partial charge in [-0.3, -0.25) is 13.9 Å². The Morgan fingerprint density at radius 1 is 0.804 bits per heavy atom. The number of benzene rings is 4. The number of hydrogen-bond donors (Lipinski definition) is 1. The van der Waals surface area contributed by atoms with Crippen molar-refractivity contribution < 1.29 is 27.5 Å². The molecular weight excluding hydrogens is 602 g/mol. The smallest absolute Gasteiger partial charge is 0.264 e. The predicted molar refractivity (Wildman–Crippen MR) is 179 cm³/mol. The van der Waals surface area contributed by atoms with Gasteiger partial charge in [-0.2, -0.15) is 0 Å². The molecule has 1 atom stereocenters. The summed E-state index contributed by atoms with van der Waals surface area (Å²) in [6.45, 7) is 3.89. The first-order valence-corrected chi connectivity index (χ1v) is 16.6. The van der Waals surface area contributed by atoms with Crippen LogP contribution in [-0.4, -0.2) is 58.5 Å². The molecule has 9 nitrogen and oxygen atoms in total. The molecule has 0 heterocycles. The topological polar surface area (TPSA) is 105 Å². The summed E-state index contributed by atoms with van der Waals surface area (Å²) in [5, 5.41) is 2.96. The lowest BCUT2D eigenvalue weighted by atomic mass is 10.0. The third-order valence-corrected chi connectivity index (χ3v) is 9.31. The molecule has 0 aliphatic carbocycles. The first-order valence-electron chi connectivity index (χ1n) is 15.1. The molecule has 0 spiro atoms. The first kappa shape index (κ1) is 34.1. The van der Waals surface area contributed by atoms with Crippen LogP contribution >= 0.6 is 0 Å². The number of sulfonamides is 1. The molecule has 0 aromatic heterocycles. The molecule has 2 amide bonds. The van der Waals surface area contributed by atoms with Gasteiger partial charge in [-0.1, -0.05) is 85.3 Å². The van der Waals surface area contributed by atoms with Crippen LogP contribution in [0.4, 0.5) is 5.69 Å². The van der Waals surface area contributed by atoms with Crippen LogP contribution in [0.2, 0.25) is 0 Å². The highest BCUT2D eigenvalue weighted by Crippen LogP contribution is 2.34. The fourth-order valence-corrected chi connectivity index (χ4v) is 6.58. The van der Waals surface area contributed by atoms with Crippen molar-refractivity contribution in [3.8, 4) is 11.5 Å². The van der Waals surface area contributed by atoms with Crippen LogP contribution < -0.4 is 19.1 Å². The Hall–Kier alpha value is -4.83. The second kappa shape index (κ2) is 15.9. The molecule has 4 rings (SSSR count). The van der Waals surface area contributed by atoms with Crippen molar-refractivity contribution in [3.63, 3.8) is 0 Å². The maximum Gasteiger partial charge on any atom is 0.264 e. The number of rotatable bonds is 15. The van der Waals surface area contributed by atoms with Gasteiger partial charge in [0.25, 0.3) is 10.0 Å². The lowest BCUT2D eigenvalue weighted by Crippen LogP contribution is -2.53. The monoisotopic (exact) mass is 643 g/mol. The van der Waals surface area contributed by atoms with E-state index < -0.39 is 28.5 Å². The van der Waals surface area contributed by atoms with E-state index in [4.69, 9.17) is 9.47 Å². The van der Waals surface area contributed by atoms with E-state index >= 15 is 0 Å². The molecule has 4 aromatic carbocycles. The molecule has 0 bridgehead atoms. The van der Waals surface area contributed by atoms with Gasteiger partial charge in [-0.05, 0) is 48.7 Å². The van der Waals surface area contributed by atoms with E-state index in [0.717, 1.165) is 27.4 Å². The van der Waals surface area contributed by atoms with Crippen LogP contribution in [0.25, 0.3) is 0 Å². The average Bonchev–Trinajstić information content (AvgIpc) is 3.08. The van der Waals surface area contributed by atoms with E-state index in [1.54, 1.807) is 30.3 Å². The van der Waals surface area contributed by atoms with Crippen LogP contribution in [0.5, 0.6) is 11.5 Å². The van der Waals surface area contributed by atoms with Gasteiger partial charge in [0.05, 0.1) is 24.8 Å². The van der Waals surface area contributed by atoms with Crippen molar-refractivity contribution in [3.05, 3.63) is 120 Å². The summed E-state index contributed by atoms with van der Waals surface area (Å²) in [6.07, 6.45) is 0.966. The van der Waals surface area contributed by atoms with E-state index in [9.17, 15) is 18.0 Å². The second-order valence-electron chi connectivity index (χ2n) is 10.9. The van der Waals surface area contributed by atoms with Crippen LogP contribution in [0, 0.1) is 6.92 Å². The minimum atomic E-state index is -4.24. The highest BCUT2D eigenvalue weighted by molar-refractivity contribution is 7.92. The zero-order valence-corrected chi connectivity index (χ0v) is 27.5. The quantitative estimate of drug-likeness (QED) is 0.187. The van der Waals surface area contributed by atoms with E-state index in [1.165, 1.54) is 37.3 Å². The zero-order valence-electron chi connectivity index (χ0n) is 26.7. The summed E-state index contributed by atoms with van der Waals surface area (Å²) in [5.41, 5.74) is 2.90. The van der Waals surface area contributed by atoms with Crippen LogP contribution in [0.1, 0.15) is 30.0 Å². The maximum atomic E-state index is 14.6. The Morgan fingerprint density at radius 3 is 2.09 bits per heavy atom. The molecule has 4 aromatic rings. The number of hydrogen-bond acceptors (Lipinski definition) is 6. The van der Waals surface area contributed by atoms with Crippen LogP contribution in [-0.2, 0) is 32.6 Å². The fraction of sp³-hybridized carbons (Fsp3) is 0.278. The van der Waals surface area contributed by atoms with Crippen LogP contribution in [0.15, 0.2) is 108 Å². The number of anilines is 1. The van der Waals surface area contributed by atoms with Crippen molar-refractivity contribution in [1.29, 1.82) is 0 Å². The molecular formula is C36H41N3O6S. The summed E-state index contributed by atoms with van der Waals surface area (Å²) in [6, 6.07) is 28.9. The summed E-state index contributed by atoms with van der Waals surface area (Å²) in [7, 11) is -1.30. The number of amides is 2. The minimum absolute atomic E-state index is 0.0179. The Labute approximate surface area is 271 Å². The molecule has 0 saturated carbocycles. The number of nitrogens with zero attached hydrogens (tertiary/aromatic N) is 2. The molecule has 10 heteroatoms. The van der Waals surface area contributed by atoms with Gasteiger partial charge in [0.1, 0.15) is 12.6 Å². The zero-order chi connectivity index (χ0) is 33.1. The van der Waals surface area contributed by atoms with Gasteiger partial charge >= 0.3 is 0 Å². The summed E-state index contributed by atoms with van der Waals surface area (Å²) in [5.74, 6) is -0.136. The Kier molecular flexibility index (Phi) is 11.8. The van der Waals surface area contributed by atoms with Crippen molar-refractivity contribution in [1.82, 2.24) is 10.2 Å². The van der Waals surface area contributed by atoms with E-state index in [1.807, 2.05) is 68.4 Å². The third-order valence-electron chi connectivity index (χ3n) is 7.52. The summed E-state index contributed by atoms with van der Waals surface area (Å²) in [4.78, 5) is 29.8. The molecule has 0 saturated heterocycles. The van der Waals surface area contributed by atoms with Gasteiger partial charge in [0.2, 0.25) is 11.8 Å². The summed E-state index contributed by atoms with van der Waals surface area (Å²) < 4.78 is 40.3. The number of aryl methyl sites for hydroxylation is 1. The average molecular weight is 644 g/mol. The van der Waals surface area contributed by atoms with E-state index in [0.29, 0.717) is 18.0 Å². The van der Waals surface area contributed by atoms with Crippen molar-refractivity contribution in [2.45, 2.75) is 44.2 Å². The second-order valence-corrected chi connectivity index (χ2v) is 12.7. The number of carbonyl (C=O) groups excluding carboxylic acids is 2.